The predicted octanol–water partition coefficient (Wildman–Crippen LogP) is 7.99. The predicted molar refractivity (Wildman–Crippen MR) is 126 cm³/mol. The van der Waals surface area contributed by atoms with Gasteiger partial charge >= 0.3 is 11.9 Å². The van der Waals surface area contributed by atoms with E-state index in [9.17, 15) is 9.59 Å². The molecule has 0 amide bonds. The Bertz CT molecular complexity index is 369. The molecule has 0 saturated carbocycles. The van der Waals surface area contributed by atoms with Crippen molar-refractivity contribution in [1.82, 2.24) is 0 Å². The summed E-state index contributed by atoms with van der Waals surface area (Å²) in [5.74, 6) is 0.110. The number of rotatable bonds is 21. The lowest BCUT2D eigenvalue weighted by Gasteiger charge is -2.24. The van der Waals surface area contributed by atoms with Gasteiger partial charge in [0.25, 0.3) is 0 Å². The van der Waals surface area contributed by atoms with Gasteiger partial charge in [-0.3, -0.25) is 9.59 Å². The third-order valence-electron chi connectivity index (χ3n) is 5.18. The van der Waals surface area contributed by atoms with Crippen LogP contribution >= 0.6 is 11.5 Å². The molecule has 29 heavy (non-hydrogen) atoms. The zero-order valence-electron chi connectivity index (χ0n) is 19.5. The molecule has 0 fully saturated rings. The van der Waals surface area contributed by atoms with Gasteiger partial charge in [-0.1, -0.05) is 117 Å². The van der Waals surface area contributed by atoms with Crippen LogP contribution in [0.5, 0.6) is 0 Å². The Kier molecular flexibility index (Phi) is 21.4. The average molecular weight is 433 g/mol. The summed E-state index contributed by atoms with van der Waals surface area (Å²) < 4.78 is 10.6. The standard InChI is InChI=1S/C24H48O4S/c1-4-7-8-9-10-11-12-13-14-15-16-17-18-19-20-21-22-29(27-23(25)5-2)28-24(26)6-3/h29H,4-22H2,1-3H3. The molecule has 0 rings (SSSR count). The second kappa shape index (κ2) is 22.0. The maximum Gasteiger partial charge on any atom is 0.328 e. The van der Waals surface area contributed by atoms with E-state index in [1.54, 1.807) is 13.8 Å². The van der Waals surface area contributed by atoms with Crippen molar-refractivity contribution in [2.24, 2.45) is 0 Å². The van der Waals surface area contributed by atoms with Crippen LogP contribution in [0.2, 0.25) is 0 Å². The van der Waals surface area contributed by atoms with E-state index in [-0.39, 0.29) is 11.9 Å². The van der Waals surface area contributed by atoms with Crippen LogP contribution in [0.4, 0.5) is 0 Å². The van der Waals surface area contributed by atoms with Crippen LogP contribution < -0.4 is 0 Å². The molecule has 5 heteroatoms. The Hall–Kier alpha value is -0.710. The van der Waals surface area contributed by atoms with Gasteiger partial charge in [-0.05, 0) is 6.42 Å². The zero-order chi connectivity index (χ0) is 21.6. The first-order chi connectivity index (χ1) is 14.1. The molecule has 0 aromatic carbocycles. The van der Waals surface area contributed by atoms with Gasteiger partial charge in [0.05, 0.1) is 5.75 Å². The van der Waals surface area contributed by atoms with E-state index in [1.165, 1.54) is 89.9 Å². The van der Waals surface area contributed by atoms with Crippen LogP contribution in [0.15, 0.2) is 0 Å². The van der Waals surface area contributed by atoms with Crippen molar-refractivity contribution >= 4 is 23.4 Å². The maximum absolute atomic E-state index is 11.5. The van der Waals surface area contributed by atoms with E-state index in [0.717, 1.165) is 12.8 Å². The van der Waals surface area contributed by atoms with E-state index >= 15 is 0 Å². The van der Waals surface area contributed by atoms with Crippen LogP contribution in [0.25, 0.3) is 0 Å². The maximum atomic E-state index is 11.5. The molecule has 0 bridgehead atoms. The van der Waals surface area contributed by atoms with Crippen molar-refractivity contribution in [3.05, 3.63) is 0 Å². The number of thiol groups is 1. The average Bonchev–Trinajstić information content (AvgIpc) is 2.72. The quantitative estimate of drug-likeness (QED) is 0.147. The molecule has 4 nitrogen and oxygen atoms in total. The highest BCUT2D eigenvalue weighted by atomic mass is 32.2. The van der Waals surface area contributed by atoms with E-state index in [2.05, 4.69) is 6.92 Å². The van der Waals surface area contributed by atoms with E-state index in [1.807, 2.05) is 0 Å². The second-order valence-corrected chi connectivity index (χ2v) is 9.47. The summed E-state index contributed by atoms with van der Waals surface area (Å²) in [7, 11) is 0. The van der Waals surface area contributed by atoms with Crippen LogP contribution in [0.3, 0.4) is 0 Å². The lowest BCUT2D eigenvalue weighted by molar-refractivity contribution is -0.136. The summed E-state index contributed by atoms with van der Waals surface area (Å²) in [5, 5.41) is 0. The lowest BCUT2D eigenvalue weighted by Crippen LogP contribution is -2.09. The Morgan fingerprint density at radius 3 is 1.14 bits per heavy atom. The molecule has 0 aliphatic heterocycles. The first kappa shape index (κ1) is 28.3. The highest BCUT2D eigenvalue weighted by Gasteiger charge is 2.11. The number of carbonyl (C=O) groups excluding carboxylic acids is 2. The van der Waals surface area contributed by atoms with Crippen molar-refractivity contribution in [3.8, 4) is 0 Å². The minimum absolute atomic E-state index is 0.281. The van der Waals surface area contributed by atoms with Crippen molar-refractivity contribution in [1.29, 1.82) is 0 Å². The summed E-state index contributed by atoms with van der Waals surface area (Å²) >= 11 is -1.39. The third-order valence-corrected chi connectivity index (χ3v) is 6.67. The normalized spacial score (nSPS) is 11.3. The third kappa shape index (κ3) is 20.3. The molecule has 0 N–H and O–H groups in total. The smallest absolute Gasteiger partial charge is 0.328 e. The highest BCUT2D eigenvalue weighted by molar-refractivity contribution is 8.09. The fraction of sp³-hybridized carbons (Fsp3) is 0.917. The molecule has 0 aromatic rings. The van der Waals surface area contributed by atoms with E-state index in [0.29, 0.717) is 18.6 Å². The molecule has 0 atom stereocenters. The highest BCUT2D eigenvalue weighted by Crippen LogP contribution is 2.31. The van der Waals surface area contributed by atoms with Crippen LogP contribution in [0, 0.1) is 0 Å². The number of carbonyl (C=O) groups is 2. The molecule has 0 unspecified atom stereocenters. The van der Waals surface area contributed by atoms with Crippen molar-refractivity contribution < 1.29 is 18.0 Å². The molecule has 0 heterocycles. The topological polar surface area (TPSA) is 52.6 Å². The molecular formula is C24H48O4S. The monoisotopic (exact) mass is 432 g/mol. The van der Waals surface area contributed by atoms with Crippen molar-refractivity contribution in [3.63, 3.8) is 0 Å². The SMILES string of the molecule is CCCCCCCCCCCCCCCCCC[SH](OC(=O)CC)OC(=O)CC. The van der Waals surface area contributed by atoms with Gasteiger partial charge in [0.2, 0.25) is 0 Å². The minimum Gasteiger partial charge on any atom is -0.347 e. The Morgan fingerprint density at radius 2 is 0.828 bits per heavy atom. The largest absolute Gasteiger partial charge is 0.347 e. The van der Waals surface area contributed by atoms with Gasteiger partial charge < -0.3 is 8.37 Å². The van der Waals surface area contributed by atoms with Gasteiger partial charge in [-0.2, -0.15) is 0 Å². The van der Waals surface area contributed by atoms with Gasteiger partial charge in [0.1, 0.15) is 0 Å². The van der Waals surface area contributed by atoms with Crippen LogP contribution in [-0.4, -0.2) is 17.7 Å². The molecule has 0 radical (unpaired) electrons. The number of hydrogen-bond acceptors (Lipinski definition) is 4. The summed E-state index contributed by atoms with van der Waals surface area (Å²) in [6.07, 6.45) is 21.9. The molecule has 0 aromatic heterocycles. The van der Waals surface area contributed by atoms with Crippen LogP contribution in [-0.2, 0) is 18.0 Å². The van der Waals surface area contributed by atoms with Gasteiger partial charge in [0, 0.05) is 12.8 Å². The van der Waals surface area contributed by atoms with E-state index < -0.39 is 11.5 Å². The molecule has 0 aliphatic rings. The molecule has 0 aliphatic carbocycles. The van der Waals surface area contributed by atoms with Crippen LogP contribution in [0.1, 0.15) is 136 Å². The Labute approximate surface area is 183 Å². The van der Waals surface area contributed by atoms with E-state index in [4.69, 9.17) is 8.37 Å². The Morgan fingerprint density at radius 1 is 0.517 bits per heavy atom. The summed E-state index contributed by atoms with van der Waals surface area (Å²) in [4.78, 5) is 22.9. The fourth-order valence-corrected chi connectivity index (χ4v) is 4.67. The zero-order valence-corrected chi connectivity index (χ0v) is 20.4. The first-order valence-electron chi connectivity index (χ1n) is 12.3. The Balaban J connectivity index is 3.47. The molecule has 0 saturated heterocycles. The molecule has 0 spiro atoms. The van der Waals surface area contributed by atoms with Crippen molar-refractivity contribution in [2.75, 3.05) is 5.75 Å². The molecule has 174 valence electrons. The lowest BCUT2D eigenvalue weighted by atomic mass is 10.0. The fourth-order valence-electron chi connectivity index (χ4n) is 3.26. The van der Waals surface area contributed by atoms with Gasteiger partial charge in [0.15, 0.2) is 0 Å². The summed E-state index contributed by atoms with van der Waals surface area (Å²) in [6, 6.07) is 0. The first-order valence-corrected chi connectivity index (χ1v) is 13.7. The summed E-state index contributed by atoms with van der Waals surface area (Å²) in [5.41, 5.74) is 0. The van der Waals surface area contributed by atoms with Gasteiger partial charge in [-0.25, -0.2) is 0 Å². The summed E-state index contributed by atoms with van der Waals surface area (Å²) in [6.45, 7) is 5.79. The van der Waals surface area contributed by atoms with Gasteiger partial charge in [-0.15, -0.1) is 11.5 Å². The van der Waals surface area contributed by atoms with Crippen molar-refractivity contribution in [2.45, 2.75) is 136 Å². The number of hydrogen-bond donors (Lipinski definition) is 1. The minimum atomic E-state index is -1.39. The second-order valence-electron chi connectivity index (χ2n) is 7.99. The molecular weight excluding hydrogens is 384 g/mol. The number of unbranched alkanes of at least 4 members (excludes halogenated alkanes) is 15.